The standard InChI is InChI=1S/C18H24Cl2N4S.BrH/c1-2-3-8-22-18(25-9-4-5-15-12-21-13-24-15)23-11-14-6-7-16(19)17(20)10-14;/h6-7,10,12-13H,2-5,8-9,11H2,1H3,(H,21,24)(H,22,23);1H. The van der Waals surface area contributed by atoms with Crippen LogP contribution in [0.4, 0.5) is 0 Å². The fraction of sp³-hybridized carbons (Fsp3) is 0.444. The Morgan fingerprint density at radius 1 is 1.27 bits per heavy atom. The van der Waals surface area contributed by atoms with Crippen LogP contribution in [0.3, 0.4) is 0 Å². The molecule has 2 rings (SSSR count). The lowest BCUT2D eigenvalue weighted by molar-refractivity contribution is 0.756. The van der Waals surface area contributed by atoms with E-state index in [0.717, 1.165) is 48.7 Å². The first-order chi connectivity index (χ1) is 12.2. The first kappa shape index (κ1) is 23.3. The minimum atomic E-state index is 0. The first-order valence-electron chi connectivity index (χ1n) is 8.51. The van der Waals surface area contributed by atoms with Gasteiger partial charge in [0.2, 0.25) is 0 Å². The quantitative estimate of drug-likeness (QED) is 0.267. The Morgan fingerprint density at radius 2 is 2.12 bits per heavy atom. The number of amidine groups is 1. The van der Waals surface area contributed by atoms with Crippen LogP contribution in [0.25, 0.3) is 0 Å². The van der Waals surface area contributed by atoms with Crippen LogP contribution in [0.15, 0.2) is 35.7 Å². The van der Waals surface area contributed by atoms with Crippen LogP contribution in [0, 0.1) is 0 Å². The molecule has 4 nitrogen and oxygen atoms in total. The predicted octanol–water partition coefficient (Wildman–Crippen LogP) is 5.91. The number of unbranched alkanes of at least 4 members (excludes halogenated alkanes) is 1. The number of aryl methyl sites for hydroxylation is 1. The molecular formula is C18H25BrCl2N4S. The number of nitrogens with one attached hydrogen (secondary N) is 2. The summed E-state index contributed by atoms with van der Waals surface area (Å²) in [6.07, 6.45) is 7.98. The molecule has 0 atom stereocenters. The topological polar surface area (TPSA) is 53.1 Å². The lowest BCUT2D eigenvalue weighted by Crippen LogP contribution is -2.22. The van der Waals surface area contributed by atoms with E-state index >= 15 is 0 Å². The van der Waals surface area contributed by atoms with Crippen LogP contribution in [-0.2, 0) is 13.0 Å². The van der Waals surface area contributed by atoms with Gasteiger partial charge < -0.3 is 10.3 Å². The predicted molar refractivity (Wildman–Crippen MR) is 120 cm³/mol. The van der Waals surface area contributed by atoms with E-state index in [1.165, 1.54) is 5.69 Å². The maximum atomic E-state index is 6.07. The largest absolute Gasteiger partial charge is 0.365 e. The molecule has 1 aromatic carbocycles. The van der Waals surface area contributed by atoms with E-state index in [1.807, 2.05) is 24.4 Å². The second-order valence-electron chi connectivity index (χ2n) is 5.68. The van der Waals surface area contributed by atoms with Gasteiger partial charge in [0, 0.05) is 24.2 Å². The number of hydrogen-bond acceptors (Lipinski definition) is 3. The second-order valence-corrected chi connectivity index (χ2v) is 7.58. The minimum Gasteiger partial charge on any atom is -0.365 e. The second kappa shape index (κ2) is 13.5. The van der Waals surface area contributed by atoms with E-state index in [1.54, 1.807) is 18.1 Å². The molecule has 0 unspecified atom stereocenters. The van der Waals surface area contributed by atoms with Crippen molar-refractivity contribution in [1.29, 1.82) is 0 Å². The van der Waals surface area contributed by atoms with Crippen LogP contribution in [0.5, 0.6) is 0 Å². The molecule has 1 heterocycles. The molecule has 0 aliphatic rings. The number of rotatable bonds is 9. The molecule has 2 aromatic rings. The average molecular weight is 480 g/mol. The third-order valence-corrected chi connectivity index (χ3v) is 5.36. The van der Waals surface area contributed by atoms with Crippen molar-refractivity contribution in [2.24, 2.45) is 4.99 Å². The van der Waals surface area contributed by atoms with Crippen molar-refractivity contribution in [3.05, 3.63) is 52.0 Å². The number of H-pyrrole nitrogens is 1. The Balaban J connectivity index is 0.00000338. The van der Waals surface area contributed by atoms with Crippen LogP contribution >= 0.6 is 51.9 Å². The molecule has 0 spiro atoms. The highest BCUT2D eigenvalue weighted by Crippen LogP contribution is 2.23. The number of aromatic amines is 1. The van der Waals surface area contributed by atoms with E-state index in [-0.39, 0.29) is 17.0 Å². The molecule has 8 heteroatoms. The Kier molecular flexibility index (Phi) is 12.1. The van der Waals surface area contributed by atoms with Crippen LogP contribution in [0.1, 0.15) is 37.4 Å². The summed E-state index contributed by atoms with van der Waals surface area (Å²) in [7, 11) is 0. The van der Waals surface area contributed by atoms with Gasteiger partial charge in [-0.15, -0.1) is 17.0 Å². The summed E-state index contributed by atoms with van der Waals surface area (Å²) in [5.74, 6) is 1.01. The third-order valence-electron chi connectivity index (χ3n) is 3.58. The number of aromatic nitrogens is 2. The van der Waals surface area contributed by atoms with Gasteiger partial charge in [-0.25, -0.2) is 4.98 Å². The van der Waals surface area contributed by atoms with E-state index < -0.39 is 0 Å². The van der Waals surface area contributed by atoms with Crippen molar-refractivity contribution >= 4 is 57.1 Å². The summed E-state index contributed by atoms with van der Waals surface area (Å²) in [6, 6.07) is 5.65. The maximum absolute atomic E-state index is 6.07. The molecule has 0 saturated carbocycles. The zero-order chi connectivity index (χ0) is 17.9. The van der Waals surface area contributed by atoms with Crippen molar-refractivity contribution < 1.29 is 0 Å². The number of thioether (sulfide) groups is 1. The summed E-state index contributed by atoms with van der Waals surface area (Å²) < 4.78 is 0. The van der Waals surface area contributed by atoms with Gasteiger partial charge in [-0.3, -0.25) is 4.99 Å². The summed E-state index contributed by atoms with van der Waals surface area (Å²) in [4.78, 5) is 11.9. The maximum Gasteiger partial charge on any atom is 0.156 e. The van der Waals surface area contributed by atoms with Gasteiger partial charge in [0.15, 0.2) is 5.17 Å². The zero-order valence-electron chi connectivity index (χ0n) is 14.8. The van der Waals surface area contributed by atoms with Crippen molar-refractivity contribution in [3.8, 4) is 0 Å². The highest BCUT2D eigenvalue weighted by atomic mass is 79.9. The Labute approximate surface area is 180 Å². The molecule has 0 fully saturated rings. The van der Waals surface area contributed by atoms with Gasteiger partial charge in [0.1, 0.15) is 0 Å². The molecule has 26 heavy (non-hydrogen) atoms. The van der Waals surface area contributed by atoms with Gasteiger partial charge in [0.25, 0.3) is 0 Å². The number of halogens is 3. The Bertz CT molecular complexity index is 665. The molecule has 144 valence electrons. The van der Waals surface area contributed by atoms with Gasteiger partial charge >= 0.3 is 0 Å². The number of nitrogens with zero attached hydrogens (tertiary/aromatic N) is 2. The molecule has 0 aliphatic heterocycles. The summed E-state index contributed by atoms with van der Waals surface area (Å²) >= 11 is 13.8. The average Bonchev–Trinajstić information content (AvgIpc) is 3.12. The first-order valence-corrected chi connectivity index (χ1v) is 10.3. The highest BCUT2D eigenvalue weighted by Gasteiger charge is 2.03. The van der Waals surface area contributed by atoms with Gasteiger partial charge in [-0.05, 0) is 37.0 Å². The number of hydrogen-bond donors (Lipinski definition) is 2. The van der Waals surface area contributed by atoms with Gasteiger partial charge in [-0.1, -0.05) is 54.4 Å². The number of aliphatic imine (C=N–C) groups is 1. The SMILES string of the molecule is Br.CCCCNC(=NCc1ccc(Cl)c(Cl)c1)SCCCc1cnc[nH]1. The van der Waals surface area contributed by atoms with Gasteiger partial charge in [-0.2, -0.15) is 0 Å². The van der Waals surface area contributed by atoms with E-state index in [9.17, 15) is 0 Å². The van der Waals surface area contributed by atoms with E-state index in [4.69, 9.17) is 28.2 Å². The van der Waals surface area contributed by atoms with Crippen molar-refractivity contribution in [3.63, 3.8) is 0 Å². The monoisotopic (exact) mass is 478 g/mol. The fourth-order valence-electron chi connectivity index (χ4n) is 2.18. The fourth-order valence-corrected chi connectivity index (χ4v) is 3.34. The van der Waals surface area contributed by atoms with Crippen molar-refractivity contribution in [2.75, 3.05) is 12.3 Å². The Morgan fingerprint density at radius 3 is 2.81 bits per heavy atom. The summed E-state index contributed by atoms with van der Waals surface area (Å²) in [6.45, 7) is 3.73. The molecule has 1 aromatic heterocycles. The molecule has 0 aliphatic carbocycles. The molecule has 0 amide bonds. The summed E-state index contributed by atoms with van der Waals surface area (Å²) in [5.41, 5.74) is 2.23. The zero-order valence-corrected chi connectivity index (χ0v) is 18.8. The van der Waals surface area contributed by atoms with E-state index in [2.05, 4.69) is 22.2 Å². The lowest BCUT2D eigenvalue weighted by Gasteiger charge is -2.09. The smallest absolute Gasteiger partial charge is 0.156 e. The van der Waals surface area contributed by atoms with E-state index in [0.29, 0.717) is 16.6 Å². The number of imidazole rings is 1. The van der Waals surface area contributed by atoms with Crippen molar-refractivity contribution in [1.82, 2.24) is 15.3 Å². The minimum absolute atomic E-state index is 0. The van der Waals surface area contributed by atoms with Crippen LogP contribution < -0.4 is 5.32 Å². The highest BCUT2D eigenvalue weighted by molar-refractivity contribution is 8.93. The van der Waals surface area contributed by atoms with Gasteiger partial charge in [0.05, 0.1) is 22.9 Å². The normalized spacial score (nSPS) is 11.3. The molecule has 0 bridgehead atoms. The third kappa shape index (κ3) is 8.80. The lowest BCUT2D eigenvalue weighted by atomic mass is 10.2. The Hall–Kier alpha value is -0.690. The molecule has 2 N–H and O–H groups in total. The van der Waals surface area contributed by atoms with Crippen molar-refractivity contribution in [2.45, 2.75) is 39.2 Å². The number of benzene rings is 1. The van der Waals surface area contributed by atoms with Crippen LogP contribution in [0.2, 0.25) is 10.0 Å². The van der Waals surface area contributed by atoms with Crippen LogP contribution in [-0.4, -0.2) is 27.4 Å². The summed E-state index contributed by atoms with van der Waals surface area (Å²) in [5, 5.41) is 5.58. The molecule has 0 saturated heterocycles. The molecule has 0 radical (unpaired) electrons. The molecular weight excluding hydrogens is 455 g/mol.